The van der Waals surface area contributed by atoms with Crippen LogP contribution in [0.1, 0.15) is 6.42 Å². The molecule has 0 saturated heterocycles. The molecule has 0 aliphatic rings. The monoisotopic (exact) mass is 208 g/mol. The third kappa shape index (κ3) is 2.81. The summed E-state index contributed by atoms with van der Waals surface area (Å²) in [5, 5.41) is 0. The molecule has 14 heavy (non-hydrogen) atoms. The number of nitrogens with two attached hydrogens (primary N) is 1. The topological polar surface area (TPSA) is 46.3 Å². The van der Waals surface area contributed by atoms with Gasteiger partial charge in [-0.25, -0.2) is 0 Å². The van der Waals surface area contributed by atoms with Crippen LogP contribution >= 0.6 is 12.2 Å². The van der Waals surface area contributed by atoms with Gasteiger partial charge in [-0.3, -0.25) is 4.79 Å². The highest BCUT2D eigenvalue weighted by Crippen LogP contribution is 2.11. The maximum Gasteiger partial charge on any atom is 0.233 e. The van der Waals surface area contributed by atoms with Crippen LogP contribution in [0.4, 0.5) is 5.69 Å². The minimum atomic E-state index is -0.0938. The van der Waals surface area contributed by atoms with Gasteiger partial charge >= 0.3 is 0 Å². The SMILES string of the molecule is CN(C(=O)CC(N)=S)c1ccccc1. The molecule has 2 N–H and O–H groups in total. The van der Waals surface area contributed by atoms with Gasteiger partial charge in [-0.2, -0.15) is 0 Å². The molecular formula is C10H12N2OS. The van der Waals surface area contributed by atoms with E-state index in [1.165, 1.54) is 0 Å². The molecule has 1 aromatic carbocycles. The summed E-state index contributed by atoms with van der Waals surface area (Å²) in [7, 11) is 1.70. The van der Waals surface area contributed by atoms with E-state index in [0.717, 1.165) is 5.69 Å². The lowest BCUT2D eigenvalue weighted by Crippen LogP contribution is -2.29. The lowest BCUT2D eigenvalue weighted by molar-refractivity contribution is -0.117. The van der Waals surface area contributed by atoms with E-state index in [9.17, 15) is 4.79 Å². The Morgan fingerprint density at radius 1 is 1.43 bits per heavy atom. The van der Waals surface area contributed by atoms with Crippen molar-refractivity contribution in [2.75, 3.05) is 11.9 Å². The second-order valence-electron chi connectivity index (χ2n) is 2.93. The average molecular weight is 208 g/mol. The van der Waals surface area contributed by atoms with E-state index < -0.39 is 0 Å². The van der Waals surface area contributed by atoms with Gasteiger partial charge in [-0.05, 0) is 12.1 Å². The van der Waals surface area contributed by atoms with Crippen LogP contribution < -0.4 is 10.6 Å². The van der Waals surface area contributed by atoms with E-state index in [0.29, 0.717) is 0 Å². The molecule has 1 amide bonds. The van der Waals surface area contributed by atoms with Crippen molar-refractivity contribution < 1.29 is 4.79 Å². The number of carbonyl (C=O) groups is 1. The Hall–Kier alpha value is -1.42. The molecule has 0 bridgehead atoms. The Morgan fingerprint density at radius 2 is 2.00 bits per heavy atom. The summed E-state index contributed by atoms with van der Waals surface area (Å²) in [6.07, 6.45) is 0.112. The van der Waals surface area contributed by atoms with Crippen LogP contribution in [0.2, 0.25) is 0 Å². The number of carbonyl (C=O) groups excluding carboxylic acids is 1. The molecule has 0 aliphatic carbocycles. The molecule has 0 heterocycles. The first-order valence-electron chi connectivity index (χ1n) is 4.21. The molecule has 1 aromatic rings. The number of benzene rings is 1. The summed E-state index contributed by atoms with van der Waals surface area (Å²) >= 11 is 4.67. The van der Waals surface area contributed by atoms with Crippen molar-refractivity contribution in [3.63, 3.8) is 0 Å². The van der Waals surface area contributed by atoms with E-state index in [-0.39, 0.29) is 17.3 Å². The minimum absolute atomic E-state index is 0.0938. The molecule has 0 spiro atoms. The zero-order chi connectivity index (χ0) is 10.6. The average Bonchev–Trinajstić information content (AvgIpc) is 2.17. The van der Waals surface area contributed by atoms with Crippen LogP contribution in [0.25, 0.3) is 0 Å². The Kier molecular flexibility index (Phi) is 3.59. The van der Waals surface area contributed by atoms with Gasteiger partial charge in [0.25, 0.3) is 0 Å². The molecule has 4 heteroatoms. The highest BCUT2D eigenvalue weighted by molar-refractivity contribution is 7.80. The number of nitrogens with zero attached hydrogens (tertiary/aromatic N) is 1. The summed E-state index contributed by atoms with van der Waals surface area (Å²) in [5.41, 5.74) is 6.13. The van der Waals surface area contributed by atoms with E-state index >= 15 is 0 Å². The third-order valence-corrected chi connectivity index (χ3v) is 1.99. The molecule has 0 aliphatic heterocycles. The lowest BCUT2D eigenvalue weighted by atomic mass is 10.3. The van der Waals surface area contributed by atoms with Gasteiger partial charge in [-0.15, -0.1) is 0 Å². The van der Waals surface area contributed by atoms with Gasteiger partial charge in [0.2, 0.25) is 5.91 Å². The number of rotatable bonds is 3. The number of thiocarbonyl (C=S) groups is 1. The van der Waals surface area contributed by atoms with Crippen molar-refractivity contribution in [2.24, 2.45) is 5.73 Å². The normalized spacial score (nSPS) is 9.50. The van der Waals surface area contributed by atoms with Crippen LogP contribution in [-0.2, 0) is 4.79 Å². The van der Waals surface area contributed by atoms with E-state index in [1.807, 2.05) is 30.3 Å². The largest absolute Gasteiger partial charge is 0.393 e. The van der Waals surface area contributed by atoms with Gasteiger partial charge in [0.15, 0.2) is 0 Å². The highest BCUT2D eigenvalue weighted by Gasteiger charge is 2.10. The molecule has 3 nitrogen and oxygen atoms in total. The maximum absolute atomic E-state index is 11.5. The summed E-state index contributed by atoms with van der Waals surface area (Å²) < 4.78 is 0. The van der Waals surface area contributed by atoms with Crippen LogP contribution in [0.3, 0.4) is 0 Å². The fraction of sp³-hybridized carbons (Fsp3) is 0.200. The zero-order valence-electron chi connectivity index (χ0n) is 7.93. The van der Waals surface area contributed by atoms with Gasteiger partial charge in [0.1, 0.15) is 0 Å². The molecule has 0 unspecified atom stereocenters. The van der Waals surface area contributed by atoms with Gasteiger partial charge < -0.3 is 10.6 Å². The summed E-state index contributed by atoms with van der Waals surface area (Å²) in [4.78, 5) is 13.3. The predicted octanol–water partition coefficient (Wildman–Crippen LogP) is 1.33. The molecule has 0 saturated carbocycles. The summed E-state index contributed by atoms with van der Waals surface area (Å²) in [5.74, 6) is -0.0938. The predicted molar refractivity (Wildman–Crippen MR) is 61.3 cm³/mol. The van der Waals surface area contributed by atoms with Crippen molar-refractivity contribution in [3.05, 3.63) is 30.3 Å². The van der Waals surface area contributed by atoms with Crippen molar-refractivity contribution in [1.82, 2.24) is 0 Å². The van der Waals surface area contributed by atoms with E-state index in [2.05, 4.69) is 12.2 Å². The first-order valence-corrected chi connectivity index (χ1v) is 4.62. The lowest BCUT2D eigenvalue weighted by Gasteiger charge is -2.16. The van der Waals surface area contributed by atoms with Gasteiger partial charge in [0, 0.05) is 12.7 Å². The molecule has 0 atom stereocenters. The van der Waals surface area contributed by atoms with Crippen molar-refractivity contribution in [3.8, 4) is 0 Å². The van der Waals surface area contributed by atoms with Gasteiger partial charge in [-0.1, -0.05) is 30.4 Å². The zero-order valence-corrected chi connectivity index (χ0v) is 8.75. The van der Waals surface area contributed by atoms with Crippen molar-refractivity contribution in [2.45, 2.75) is 6.42 Å². The molecule has 0 aromatic heterocycles. The first-order chi connectivity index (χ1) is 6.61. The summed E-state index contributed by atoms with van der Waals surface area (Å²) in [6, 6.07) is 9.37. The Morgan fingerprint density at radius 3 is 2.50 bits per heavy atom. The van der Waals surface area contributed by atoms with E-state index in [4.69, 9.17) is 5.73 Å². The number of para-hydroxylation sites is 1. The second kappa shape index (κ2) is 4.72. The Bertz CT molecular complexity index is 337. The molecular weight excluding hydrogens is 196 g/mol. The number of hydrogen-bond acceptors (Lipinski definition) is 2. The number of amides is 1. The van der Waals surface area contributed by atoms with Crippen molar-refractivity contribution in [1.29, 1.82) is 0 Å². The Balaban J connectivity index is 2.71. The van der Waals surface area contributed by atoms with Crippen molar-refractivity contribution >= 4 is 28.8 Å². The Labute approximate surface area is 88.5 Å². The molecule has 74 valence electrons. The quantitative estimate of drug-likeness (QED) is 0.762. The third-order valence-electron chi connectivity index (χ3n) is 1.84. The first kappa shape index (κ1) is 10.7. The van der Waals surface area contributed by atoms with Gasteiger partial charge in [0.05, 0.1) is 11.4 Å². The summed E-state index contributed by atoms with van der Waals surface area (Å²) in [6.45, 7) is 0. The minimum Gasteiger partial charge on any atom is -0.393 e. The number of anilines is 1. The fourth-order valence-electron chi connectivity index (χ4n) is 1.06. The molecule has 0 fully saturated rings. The smallest absolute Gasteiger partial charge is 0.233 e. The maximum atomic E-state index is 11.5. The second-order valence-corrected chi connectivity index (χ2v) is 3.46. The molecule has 1 rings (SSSR count). The van der Waals surface area contributed by atoms with Crippen LogP contribution in [0.5, 0.6) is 0 Å². The van der Waals surface area contributed by atoms with Crippen LogP contribution in [0.15, 0.2) is 30.3 Å². The van der Waals surface area contributed by atoms with E-state index in [1.54, 1.807) is 11.9 Å². The molecule has 0 radical (unpaired) electrons. The number of hydrogen-bond donors (Lipinski definition) is 1. The highest BCUT2D eigenvalue weighted by atomic mass is 32.1. The van der Waals surface area contributed by atoms with Crippen LogP contribution in [-0.4, -0.2) is 17.9 Å². The van der Waals surface area contributed by atoms with Crippen LogP contribution in [0, 0.1) is 0 Å². The fourth-order valence-corrected chi connectivity index (χ4v) is 1.19. The standard InChI is InChI=1S/C10H12N2OS/c1-12(10(13)7-9(11)14)8-5-3-2-4-6-8/h2-6H,7H2,1H3,(H2,11,14).